The summed E-state index contributed by atoms with van der Waals surface area (Å²) in [7, 11) is 0. The third-order valence-corrected chi connectivity index (χ3v) is 15.9. The molecule has 0 aliphatic carbocycles. The zero-order valence-corrected chi connectivity index (χ0v) is 55.2. The average molecular weight is 1160 g/mol. The van der Waals surface area contributed by atoms with Gasteiger partial charge in [0.2, 0.25) is 0 Å². The van der Waals surface area contributed by atoms with Gasteiger partial charge in [-0.1, -0.05) is 337 Å². The Morgan fingerprint density at radius 3 is 0.747 bits per heavy atom. The Bertz CT molecular complexity index is 1570. The smallest absolute Gasteiger partial charge is 0.306 e. The molecule has 0 heterocycles. The van der Waals surface area contributed by atoms with Gasteiger partial charge in [0.05, 0.1) is 0 Å². The summed E-state index contributed by atoms with van der Waals surface area (Å²) in [5.41, 5.74) is 0. The number of carbonyl (C=O) groups excluding carboxylic acids is 3. The lowest BCUT2D eigenvalue weighted by molar-refractivity contribution is -0.167. The van der Waals surface area contributed by atoms with Crippen molar-refractivity contribution in [1.82, 2.24) is 0 Å². The van der Waals surface area contributed by atoms with Crippen LogP contribution in [0.4, 0.5) is 0 Å². The average Bonchev–Trinajstić information content (AvgIpc) is 3.49. The predicted molar refractivity (Wildman–Crippen MR) is 362 cm³/mol. The van der Waals surface area contributed by atoms with E-state index in [1.807, 2.05) is 0 Å². The van der Waals surface area contributed by atoms with Crippen LogP contribution in [0.5, 0.6) is 0 Å². The topological polar surface area (TPSA) is 78.9 Å². The zero-order valence-electron chi connectivity index (χ0n) is 55.2. The van der Waals surface area contributed by atoms with E-state index in [1.165, 1.54) is 218 Å². The van der Waals surface area contributed by atoms with E-state index in [9.17, 15) is 14.4 Å². The van der Waals surface area contributed by atoms with Crippen molar-refractivity contribution >= 4 is 17.9 Å². The number of allylic oxidation sites excluding steroid dienone is 14. The molecular formula is C77H136O6. The molecule has 0 aromatic heterocycles. The Morgan fingerprint density at radius 1 is 0.253 bits per heavy atom. The Balaban J connectivity index is 4.32. The second kappa shape index (κ2) is 71.1. The van der Waals surface area contributed by atoms with Gasteiger partial charge in [-0.25, -0.2) is 0 Å². The largest absolute Gasteiger partial charge is 0.462 e. The molecule has 0 bridgehead atoms. The van der Waals surface area contributed by atoms with Gasteiger partial charge in [-0.3, -0.25) is 14.4 Å². The highest BCUT2D eigenvalue weighted by molar-refractivity contribution is 5.71. The lowest BCUT2D eigenvalue weighted by atomic mass is 10.0. The Kier molecular flexibility index (Phi) is 68.2. The lowest BCUT2D eigenvalue weighted by Crippen LogP contribution is -2.30. The quantitative estimate of drug-likeness (QED) is 0.0261. The summed E-state index contributed by atoms with van der Waals surface area (Å²) in [4.78, 5) is 38.5. The maximum Gasteiger partial charge on any atom is 0.306 e. The van der Waals surface area contributed by atoms with Crippen molar-refractivity contribution in [2.45, 2.75) is 374 Å². The number of unbranched alkanes of at least 4 members (excludes halogenated alkanes) is 41. The molecule has 0 radical (unpaired) electrons. The van der Waals surface area contributed by atoms with Gasteiger partial charge in [0, 0.05) is 19.3 Å². The first-order valence-corrected chi connectivity index (χ1v) is 36.1. The molecular weight excluding hydrogens is 1020 g/mol. The molecule has 83 heavy (non-hydrogen) atoms. The van der Waals surface area contributed by atoms with Crippen LogP contribution in [-0.4, -0.2) is 37.2 Å². The van der Waals surface area contributed by atoms with Crippen LogP contribution in [0, 0.1) is 0 Å². The molecule has 1 atom stereocenters. The maximum absolute atomic E-state index is 13.0. The van der Waals surface area contributed by atoms with E-state index in [2.05, 4.69) is 106 Å². The summed E-state index contributed by atoms with van der Waals surface area (Å²) in [6.07, 6.45) is 94.7. The van der Waals surface area contributed by atoms with Gasteiger partial charge in [0.15, 0.2) is 6.10 Å². The van der Waals surface area contributed by atoms with E-state index in [0.29, 0.717) is 19.3 Å². The predicted octanol–water partition coefficient (Wildman–Crippen LogP) is 25.0. The first kappa shape index (κ1) is 79.6. The number of ether oxygens (including phenoxy) is 3. The summed E-state index contributed by atoms with van der Waals surface area (Å²) >= 11 is 0. The number of esters is 3. The molecule has 0 aromatic carbocycles. The molecule has 0 aromatic rings. The third-order valence-electron chi connectivity index (χ3n) is 15.9. The van der Waals surface area contributed by atoms with E-state index in [0.717, 1.165) is 109 Å². The second-order valence-electron chi connectivity index (χ2n) is 24.1. The molecule has 0 aliphatic heterocycles. The van der Waals surface area contributed by atoms with Crippen molar-refractivity contribution in [2.24, 2.45) is 0 Å². The minimum atomic E-state index is -0.784. The van der Waals surface area contributed by atoms with Crippen molar-refractivity contribution in [1.29, 1.82) is 0 Å². The van der Waals surface area contributed by atoms with E-state index in [-0.39, 0.29) is 31.1 Å². The van der Waals surface area contributed by atoms with Gasteiger partial charge in [0.25, 0.3) is 0 Å². The third kappa shape index (κ3) is 69.3. The van der Waals surface area contributed by atoms with E-state index < -0.39 is 6.10 Å². The molecule has 480 valence electrons. The number of carbonyl (C=O) groups is 3. The highest BCUT2D eigenvalue weighted by Crippen LogP contribution is 2.18. The SMILES string of the molecule is CC/C=C\C/C=C\C/C=C\C/C=C\C/C=C\C/C=C\CCCCCCCCCCC(=O)OCC(COC(=O)CCCCCCC/C=C\CCCCCCCC)OC(=O)CCCCCCCCCCCCCCCCCCCCCCCCC. The van der Waals surface area contributed by atoms with Crippen LogP contribution < -0.4 is 0 Å². The van der Waals surface area contributed by atoms with Crippen molar-refractivity contribution < 1.29 is 28.6 Å². The van der Waals surface area contributed by atoms with Crippen LogP contribution in [0.1, 0.15) is 367 Å². The van der Waals surface area contributed by atoms with Crippen LogP contribution >= 0.6 is 0 Å². The van der Waals surface area contributed by atoms with Crippen molar-refractivity contribution in [2.75, 3.05) is 13.2 Å². The molecule has 6 heteroatoms. The molecule has 0 rings (SSSR count). The monoisotopic (exact) mass is 1160 g/mol. The molecule has 0 saturated carbocycles. The first-order chi connectivity index (χ1) is 41.0. The van der Waals surface area contributed by atoms with Gasteiger partial charge in [-0.2, -0.15) is 0 Å². The van der Waals surface area contributed by atoms with Crippen LogP contribution in [0.2, 0.25) is 0 Å². The summed E-state index contributed by atoms with van der Waals surface area (Å²) in [6.45, 7) is 6.57. The summed E-state index contributed by atoms with van der Waals surface area (Å²) in [6, 6.07) is 0. The fourth-order valence-electron chi connectivity index (χ4n) is 10.5. The second-order valence-corrected chi connectivity index (χ2v) is 24.1. The van der Waals surface area contributed by atoms with Gasteiger partial charge < -0.3 is 14.2 Å². The van der Waals surface area contributed by atoms with E-state index >= 15 is 0 Å². The first-order valence-electron chi connectivity index (χ1n) is 36.1. The van der Waals surface area contributed by atoms with Crippen LogP contribution in [-0.2, 0) is 28.6 Å². The molecule has 1 unspecified atom stereocenters. The minimum absolute atomic E-state index is 0.0796. The molecule has 0 fully saturated rings. The number of hydrogen-bond acceptors (Lipinski definition) is 6. The summed E-state index contributed by atoms with van der Waals surface area (Å²) in [5.74, 6) is -0.874. The molecule has 0 amide bonds. The summed E-state index contributed by atoms with van der Waals surface area (Å²) < 4.78 is 17.0. The maximum atomic E-state index is 13.0. The highest BCUT2D eigenvalue weighted by Gasteiger charge is 2.19. The normalized spacial score (nSPS) is 12.6. The van der Waals surface area contributed by atoms with E-state index in [1.54, 1.807) is 0 Å². The molecule has 0 aliphatic rings. The molecule has 6 nitrogen and oxygen atoms in total. The van der Waals surface area contributed by atoms with Gasteiger partial charge in [-0.15, -0.1) is 0 Å². The fourth-order valence-corrected chi connectivity index (χ4v) is 10.5. The zero-order chi connectivity index (χ0) is 59.9. The number of rotatable bonds is 66. The van der Waals surface area contributed by atoms with Crippen molar-refractivity contribution in [3.8, 4) is 0 Å². The highest BCUT2D eigenvalue weighted by atomic mass is 16.6. The molecule has 0 spiro atoms. The Morgan fingerprint density at radius 2 is 0.470 bits per heavy atom. The molecule has 0 N–H and O–H groups in total. The van der Waals surface area contributed by atoms with Crippen molar-refractivity contribution in [3.05, 3.63) is 85.1 Å². The fraction of sp³-hybridized carbons (Fsp3) is 0.779. The lowest BCUT2D eigenvalue weighted by Gasteiger charge is -2.18. The van der Waals surface area contributed by atoms with E-state index in [4.69, 9.17) is 14.2 Å². The van der Waals surface area contributed by atoms with Crippen LogP contribution in [0.3, 0.4) is 0 Å². The molecule has 0 saturated heterocycles. The Hall–Kier alpha value is -3.41. The van der Waals surface area contributed by atoms with Gasteiger partial charge in [-0.05, 0) is 96.3 Å². The van der Waals surface area contributed by atoms with Crippen LogP contribution in [0.25, 0.3) is 0 Å². The van der Waals surface area contributed by atoms with Gasteiger partial charge >= 0.3 is 17.9 Å². The van der Waals surface area contributed by atoms with Gasteiger partial charge in [0.1, 0.15) is 13.2 Å². The standard InChI is InChI=1S/C77H136O6/c1-4-7-10-13-16-19-22-25-28-30-32-34-36-37-38-39-41-42-44-46-49-52-55-58-61-64-67-70-76(79)82-73-74(72-81-75(78)69-66-63-60-57-54-51-48-27-24-21-18-15-12-9-6-3)83-77(80)71-68-65-62-59-56-53-50-47-45-43-40-35-33-31-29-26-23-20-17-14-11-8-5-2/h7,10,16,19,25,27-28,32,34,37-38,41-42,48,74H,4-6,8-9,11-15,17-18,20-24,26,29-31,33,35-36,39-40,43-47,49-73H2,1-3H3/b10-7-,19-16-,28-25-,34-32-,38-37-,42-41-,48-27-. The summed E-state index contributed by atoms with van der Waals surface area (Å²) in [5, 5.41) is 0. The Labute approximate surface area is 515 Å². The van der Waals surface area contributed by atoms with Crippen LogP contribution in [0.15, 0.2) is 85.1 Å². The van der Waals surface area contributed by atoms with Crippen molar-refractivity contribution in [3.63, 3.8) is 0 Å². The minimum Gasteiger partial charge on any atom is -0.462 e. The number of hydrogen-bond donors (Lipinski definition) is 0.